The summed E-state index contributed by atoms with van der Waals surface area (Å²) in [6.45, 7) is 3.95. The molecule has 0 N–H and O–H groups in total. The monoisotopic (exact) mass is 321 g/mol. The number of rotatable bonds is 5. The highest BCUT2D eigenvalue weighted by Crippen LogP contribution is 2.48. The average molecular weight is 322 g/mol. The Balaban J connectivity index is 1.45. The minimum Gasteiger partial charge on any atom is -0.303 e. The molecular formula is C17H24BrN. The van der Waals surface area contributed by atoms with Gasteiger partial charge in [0, 0.05) is 11.9 Å². The van der Waals surface area contributed by atoms with Crippen LogP contribution in [0.1, 0.15) is 31.2 Å². The highest BCUT2D eigenvalue weighted by Gasteiger charge is 2.43. The zero-order valence-corrected chi connectivity index (χ0v) is 13.2. The number of piperidine rings is 1. The largest absolute Gasteiger partial charge is 0.303 e. The van der Waals surface area contributed by atoms with E-state index in [1.54, 1.807) is 0 Å². The molecule has 0 aromatic heterocycles. The Hall–Kier alpha value is -0.340. The first-order chi connectivity index (χ1) is 9.30. The molecule has 104 valence electrons. The molecule has 19 heavy (non-hydrogen) atoms. The van der Waals surface area contributed by atoms with Crippen molar-refractivity contribution in [3.05, 3.63) is 35.9 Å². The van der Waals surface area contributed by atoms with Crippen LogP contribution in [0.2, 0.25) is 0 Å². The Bertz CT molecular complexity index is 391. The van der Waals surface area contributed by atoms with Crippen molar-refractivity contribution in [1.29, 1.82) is 0 Å². The van der Waals surface area contributed by atoms with Gasteiger partial charge in [0.2, 0.25) is 0 Å². The predicted octanol–water partition coefficient (Wildman–Crippen LogP) is 4.12. The second-order valence-corrected chi connectivity index (χ2v) is 7.10. The lowest BCUT2D eigenvalue weighted by Gasteiger charge is -2.34. The topological polar surface area (TPSA) is 3.24 Å². The fourth-order valence-electron chi connectivity index (χ4n) is 3.28. The third-order valence-corrected chi connectivity index (χ3v) is 6.06. The Morgan fingerprint density at radius 2 is 1.79 bits per heavy atom. The third-order valence-electron chi connectivity index (χ3n) is 4.87. The van der Waals surface area contributed by atoms with Gasteiger partial charge in [-0.05, 0) is 62.1 Å². The van der Waals surface area contributed by atoms with Gasteiger partial charge in [-0.25, -0.2) is 0 Å². The van der Waals surface area contributed by atoms with E-state index in [-0.39, 0.29) is 0 Å². The van der Waals surface area contributed by atoms with E-state index >= 15 is 0 Å². The second-order valence-electron chi connectivity index (χ2n) is 6.54. The standard InChI is InChI=1S/C17H24BrN/c18-13-17(8-9-17)14-19-10-6-16(7-11-19)12-15-4-2-1-3-5-15/h1-5,16H,6-14H2. The van der Waals surface area contributed by atoms with Crippen LogP contribution < -0.4 is 0 Å². The van der Waals surface area contributed by atoms with Crippen LogP contribution >= 0.6 is 15.9 Å². The van der Waals surface area contributed by atoms with E-state index in [9.17, 15) is 0 Å². The van der Waals surface area contributed by atoms with Crippen molar-refractivity contribution in [2.75, 3.05) is 25.0 Å². The van der Waals surface area contributed by atoms with Gasteiger partial charge in [-0.2, -0.15) is 0 Å². The molecule has 1 saturated heterocycles. The van der Waals surface area contributed by atoms with Crippen LogP contribution in [0.3, 0.4) is 0 Å². The maximum absolute atomic E-state index is 3.69. The van der Waals surface area contributed by atoms with Gasteiger partial charge in [-0.3, -0.25) is 0 Å². The van der Waals surface area contributed by atoms with E-state index in [1.165, 1.54) is 62.6 Å². The number of benzene rings is 1. The van der Waals surface area contributed by atoms with Gasteiger partial charge in [0.15, 0.2) is 0 Å². The normalized spacial score (nSPS) is 23.4. The van der Waals surface area contributed by atoms with Crippen LogP contribution in [0, 0.1) is 11.3 Å². The number of nitrogens with zero attached hydrogens (tertiary/aromatic N) is 1. The van der Waals surface area contributed by atoms with Crippen LogP contribution in [0.15, 0.2) is 30.3 Å². The molecule has 2 aliphatic rings. The van der Waals surface area contributed by atoms with E-state index in [0.29, 0.717) is 5.41 Å². The molecule has 0 spiro atoms. The fraction of sp³-hybridized carbons (Fsp3) is 0.647. The Kier molecular flexibility index (Phi) is 4.28. The number of hydrogen-bond acceptors (Lipinski definition) is 1. The molecule has 1 nitrogen and oxygen atoms in total. The molecule has 1 aromatic rings. The van der Waals surface area contributed by atoms with Gasteiger partial charge in [-0.15, -0.1) is 0 Å². The van der Waals surface area contributed by atoms with Crippen LogP contribution in [0.5, 0.6) is 0 Å². The van der Waals surface area contributed by atoms with E-state index in [1.807, 2.05) is 0 Å². The molecule has 1 aliphatic heterocycles. The summed E-state index contributed by atoms with van der Waals surface area (Å²) in [5.74, 6) is 0.901. The van der Waals surface area contributed by atoms with Crippen molar-refractivity contribution in [2.24, 2.45) is 11.3 Å². The van der Waals surface area contributed by atoms with Crippen LogP contribution in [0.4, 0.5) is 0 Å². The molecular weight excluding hydrogens is 298 g/mol. The van der Waals surface area contributed by atoms with E-state index < -0.39 is 0 Å². The summed E-state index contributed by atoms with van der Waals surface area (Å²) in [6.07, 6.45) is 6.91. The maximum atomic E-state index is 3.69. The summed E-state index contributed by atoms with van der Waals surface area (Å²) in [7, 11) is 0. The Morgan fingerprint density at radius 1 is 1.11 bits per heavy atom. The van der Waals surface area contributed by atoms with Gasteiger partial charge in [0.1, 0.15) is 0 Å². The predicted molar refractivity (Wildman–Crippen MR) is 84.8 cm³/mol. The van der Waals surface area contributed by atoms with E-state index in [0.717, 1.165) is 5.92 Å². The zero-order valence-electron chi connectivity index (χ0n) is 11.7. The lowest BCUT2D eigenvalue weighted by Crippen LogP contribution is -2.38. The quantitative estimate of drug-likeness (QED) is 0.737. The molecule has 3 rings (SSSR count). The van der Waals surface area contributed by atoms with Gasteiger partial charge in [0.25, 0.3) is 0 Å². The van der Waals surface area contributed by atoms with Crippen molar-refractivity contribution in [1.82, 2.24) is 4.90 Å². The molecule has 2 fully saturated rings. The first kappa shape index (κ1) is 13.6. The van der Waals surface area contributed by atoms with E-state index in [4.69, 9.17) is 0 Å². The highest BCUT2D eigenvalue weighted by molar-refractivity contribution is 9.09. The smallest absolute Gasteiger partial charge is 0.0100 e. The fourth-order valence-corrected chi connectivity index (χ4v) is 4.02. The summed E-state index contributed by atoms with van der Waals surface area (Å²) < 4.78 is 0. The van der Waals surface area contributed by atoms with Gasteiger partial charge in [-0.1, -0.05) is 46.3 Å². The summed E-state index contributed by atoms with van der Waals surface area (Å²) >= 11 is 3.69. The molecule has 0 unspecified atom stereocenters. The number of halogens is 1. The number of hydrogen-bond donors (Lipinski definition) is 0. The lowest BCUT2D eigenvalue weighted by atomic mass is 9.90. The summed E-state index contributed by atoms with van der Waals surface area (Å²) in [4.78, 5) is 2.70. The van der Waals surface area contributed by atoms with Crippen molar-refractivity contribution in [2.45, 2.75) is 32.1 Å². The van der Waals surface area contributed by atoms with Crippen molar-refractivity contribution >= 4 is 15.9 Å². The van der Waals surface area contributed by atoms with Crippen molar-refractivity contribution < 1.29 is 0 Å². The molecule has 0 bridgehead atoms. The number of likely N-dealkylation sites (tertiary alicyclic amines) is 1. The molecule has 0 atom stereocenters. The Morgan fingerprint density at radius 3 is 2.37 bits per heavy atom. The SMILES string of the molecule is BrCC1(CN2CCC(Cc3ccccc3)CC2)CC1. The molecule has 2 heteroatoms. The van der Waals surface area contributed by atoms with Gasteiger partial charge < -0.3 is 4.90 Å². The molecule has 1 saturated carbocycles. The number of alkyl halides is 1. The van der Waals surface area contributed by atoms with Crippen LogP contribution in [-0.2, 0) is 6.42 Å². The van der Waals surface area contributed by atoms with Crippen molar-refractivity contribution in [3.8, 4) is 0 Å². The minimum atomic E-state index is 0.645. The molecule has 1 heterocycles. The highest BCUT2D eigenvalue weighted by atomic mass is 79.9. The molecule has 0 amide bonds. The minimum absolute atomic E-state index is 0.645. The van der Waals surface area contributed by atoms with Crippen LogP contribution in [-0.4, -0.2) is 29.9 Å². The first-order valence-electron chi connectivity index (χ1n) is 7.62. The van der Waals surface area contributed by atoms with Crippen molar-refractivity contribution in [3.63, 3.8) is 0 Å². The maximum Gasteiger partial charge on any atom is 0.0100 e. The molecule has 1 aliphatic carbocycles. The van der Waals surface area contributed by atoms with Gasteiger partial charge in [0.05, 0.1) is 0 Å². The first-order valence-corrected chi connectivity index (χ1v) is 8.74. The average Bonchev–Trinajstić information content (AvgIpc) is 3.23. The third kappa shape index (κ3) is 3.61. The summed E-state index contributed by atoms with van der Waals surface area (Å²) in [5.41, 5.74) is 2.16. The molecule has 0 radical (unpaired) electrons. The van der Waals surface area contributed by atoms with E-state index in [2.05, 4.69) is 51.2 Å². The Labute approximate surface area is 125 Å². The summed E-state index contributed by atoms with van der Waals surface area (Å²) in [5, 5.41) is 1.20. The van der Waals surface area contributed by atoms with Crippen LogP contribution in [0.25, 0.3) is 0 Å². The summed E-state index contributed by atoms with van der Waals surface area (Å²) in [6, 6.07) is 11.0. The second kappa shape index (κ2) is 5.97. The lowest BCUT2D eigenvalue weighted by molar-refractivity contribution is 0.159. The zero-order chi connectivity index (χ0) is 13.1. The molecule has 1 aromatic carbocycles. The van der Waals surface area contributed by atoms with Gasteiger partial charge >= 0.3 is 0 Å².